The lowest BCUT2D eigenvalue weighted by molar-refractivity contribution is 0.262. The molecular formula is C39H35F2N9O3. The van der Waals surface area contributed by atoms with Crippen molar-refractivity contribution in [2.45, 2.75) is 13.2 Å². The number of nitrogen functional groups attached to an aromatic ring is 1. The van der Waals surface area contributed by atoms with Crippen LogP contribution >= 0.6 is 0 Å². The van der Waals surface area contributed by atoms with E-state index in [1.54, 1.807) is 59.4 Å². The lowest BCUT2D eigenvalue weighted by atomic mass is 10.1. The average Bonchev–Trinajstić information content (AvgIpc) is 3.80. The fourth-order valence-electron chi connectivity index (χ4n) is 5.23. The molecule has 0 saturated carbocycles. The first kappa shape index (κ1) is 35.7. The van der Waals surface area contributed by atoms with E-state index in [0.717, 1.165) is 46.2 Å². The Kier molecular flexibility index (Phi) is 11.3. The van der Waals surface area contributed by atoms with Crippen LogP contribution in [0.25, 0.3) is 22.5 Å². The summed E-state index contributed by atoms with van der Waals surface area (Å²) in [6, 6.07) is 28.0. The van der Waals surface area contributed by atoms with Gasteiger partial charge in [0.05, 0.1) is 28.5 Å². The van der Waals surface area contributed by atoms with E-state index in [9.17, 15) is 13.6 Å². The minimum absolute atomic E-state index is 0.133. The number of urea groups is 1. The van der Waals surface area contributed by atoms with E-state index < -0.39 is 17.7 Å². The van der Waals surface area contributed by atoms with Crippen molar-refractivity contribution in [3.8, 4) is 34.0 Å². The molecule has 4 heterocycles. The van der Waals surface area contributed by atoms with Gasteiger partial charge in [0.25, 0.3) is 0 Å². The van der Waals surface area contributed by atoms with Crippen molar-refractivity contribution in [2.75, 3.05) is 16.4 Å². The quantitative estimate of drug-likeness (QED) is 0.123. The highest BCUT2D eigenvalue weighted by atomic mass is 19.1. The van der Waals surface area contributed by atoms with Gasteiger partial charge in [-0.3, -0.25) is 19.3 Å². The molecule has 0 aliphatic rings. The fourth-order valence-corrected chi connectivity index (χ4v) is 5.23. The highest BCUT2D eigenvalue weighted by molar-refractivity contribution is 6.00. The summed E-state index contributed by atoms with van der Waals surface area (Å²) in [5.41, 5.74) is 11.9. The van der Waals surface area contributed by atoms with Gasteiger partial charge in [0.1, 0.15) is 36.3 Å². The molecule has 0 aliphatic carbocycles. The first-order valence-corrected chi connectivity index (χ1v) is 16.3. The number of amides is 2. The number of ether oxygens (including phenoxy) is 2. The zero-order chi connectivity index (χ0) is 37.2. The third kappa shape index (κ3) is 9.38. The maximum atomic E-state index is 13.8. The number of nitrogens with one attached hydrogen (secondary N) is 2. The van der Waals surface area contributed by atoms with Crippen LogP contribution in [0.2, 0.25) is 0 Å². The zero-order valence-electron chi connectivity index (χ0n) is 28.8. The van der Waals surface area contributed by atoms with Gasteiger partial charge in [0.2, 0.25) is 0 Å². The highest BCUT2D eigenvalue weighted by Gasteiger charge is 2.15. The third-order valence-corrected chi connectivity index (χ3v) is 7.82. The molecule has 14 heteroatoms. The molecule has 2 amide bonds. The van der Waals surface area contributed by atoms with Crippen LogP contribution in [-0.2, 0) is 27.3 Å². The van der Waals surface area contributed by atoms with Crippen LogP contribution in [0, 0.1) is 11.6 Å². The molecular weight excluding hydrogens is 680 g/mol. The minimum Gasteiger partial charge on any atom is -0.487 e. The fraction of sp³-hybridized carbons (Fsp3) is 0.103. The van der Waals surface area contributed by atoms with Crippen molar-refractivity contribution in [2.24, 2.45) is 14.1 Å². The molecule has 7 rings (SSSR count). The van der Waals surface area contributed by atoms with Crippen molar-refractivity contribution < 1.29 is 23.0 Å². The number of carbonyl (C=O) groups is 1. The molecule has 0 spiro atoms. The highest BCUT2D eigenvalue weighted by Crippen LogP contribution is 2.34. The van der Waals surface area contributed by atoms with Crippen LogP contribution in [-0.4, -0.2) is 35.6 Å². The Balaban J connectivity index is 0.000000198. The van der Waals surface area contributed by atoms with E-state index in [1.165, 1.54) is 0 Å². The lowest BCUT2D eigenvalue weighted by Crippen LogP contribution is -2.20. The van der Waals surface area contributed by atoms with E-state index in [-0.39, 0.29) is 12.3 Å². The van der Waals surface area contributed by atoms with Gasteiger partial charge in [-0.15, -0.1) is 0 Å². The monoisotopic (exact) mass is 715 g/mol. The Morgan fingerprint density at radius 2 is 1.26 bits per heavy atom. The average molecular weight is 716 g/mol. The molecule has 53 heavy (non-hydrogen) atoms. The van der Waals surface area contributed by atoms with Gasteiger partial charge in [-0.1, -0.05) is 12.1 Å². The number of aryl methyl sites for hydroxylation is 2. The van der Waals surface area contributed by atoms with Crippen molar-refractivity contribution in [1.82, 2.24) is 29.5 Å². The van der Waals surface area contributed by atoms with Crippen LogP contribution in [0.5, 0.6) is 11.5 Å². The summed E-state index contributed by atoms with van der Waals surface area (Å²) in [4.78, 5) is 20.8. The molecule has 0 atom stereocenters. The number of nitrogens with two attached hydrogens (primary N) is 1. The van der Waals surface area contributed by atoms with Crippen LogP contribution in [0.4, 0.5) is 30.6 Å². The third-order valence-electron chi connectivity index (χ3n) is 7.82. The standard InChI is InChI=1S/C23H19F2N5O2.C16H16N4O/c1-30-21(9-11-27-30)18-13-16(6-8-22(18)32-14-17-4-2-3-10-26-17)28-23(31)29-20-7-5-15(24)12-19(20)25;1-20-15(7-9-19-20)14-10-12(17)5-6-16(14)21-11-13-4-2-3-8-18-13/h2-13H,14H2,1H3,(H2,28,29,31);2-10H,11,17H2,1H3. The number of hydrogen-bond donors (Lipinski definition) is 3. The number of anilines is 3. The molecule has 268 valence electrons. The van der Waals surface area contributed by atoms with E-state index in [0.29, 0.717) is 35.4 Å². The van der Waals surface area contributed by atoms with E-state index in [1.807, 2.05) is 73.8 Å². The molecule has 7 aromatic rings. The van der Waals surface area contributed by atoms with Crippen molar-refractivity contribution in [1.29, 1.82) is 0 Å². The Morgan fingerprint density at radius 3 is 1.79 bits per heavy atom. The Morgan fingerprint density at radius 1 is 0.679 bits per heavy atom. The second kappa shape index (κ2) is 16.7. The van der Waals surface area contributed by atoms with Crippen molar-refractivity contribution in [3.05, 3.63) is 151 Å². The number of nitrogens with zero attached hydrogens (tertiary/aromatic N) is 6. The maximum absolute atomic E-state index is 13.8. The predicted octanol–water partition coefficient (Wildman–Crippen LogP) is 7.63. The summed E-state index contributed by atoms with van der Waals surface area (Å²) in [6.07, 6.45) is 6.85. The van der Waals surface area contributed by atoms with Crippen LogP contribution in [0.1, 0.15) is 11.4 Å². The summed E-state index contributed by atoms with van der Waals surface area (Å²) >= 11 is 0. The van der Waals surface area contributed by atoms with Gasteiger partial charge < -0.3 is 25.8 Å². The molecule has 0 radical (unpaired) electrons. The van der Waals surface area contributed by atoms with Crippen molar-refractivity contribution >= 4 is 23.1 Å². The number of rotatable bonds is 10. The molecule has 0 aliphatic heterocycles. The maximum Gasteiger partial charge on any atom is 0.323 e. The largest absolute Gasteiger partial charge is 0.487 e. The number of benzene rings is 3. The van der Waals surface area contributed by atoms with Gasteiger partial charge in [0, 0.05) is 67.5 Å². The van der Waals surface area contributed by atoms with Gasteiger partial charge in [-0.2, -0.15) is 10.2 Å². The van der Waals surface area contributed by atoms with Gasteiger partial charge in [-0.05, 0) is 84.9 Å². The van der Waals surface area contributed by atoms with Gasteiger partial charge >= 0.3 is 6.03 Å². The molecule has 4 aromatic heterocycles. The summed E-state index contributed by atoms with van der Waals surface area (Å²) in [5, 5.41) is 13.4. The summed E-state index contributed by atoms with van der Waals surface area (Å²) in [5.74, 6) is -0.252. The summed E-state index contributed by atoms with van der Waals surface area (Å²) < 4.78 is 42.2. The Bertz CT molecular complexity index is 2300. The number of hydrogen-bond acceptors (Lipinski definition) is 8. The smallest absolute Gasteiger partial charge is 0.323 e. The summed E-state index contributed by atoms with van der Waals surface area (Å²) in [6.45, 7) is 0.679. The minimum atomic E-state index is -0.867. The lowest BCUT2D eigenvalue weighted by Gasteiger charge is -2.14. The summed E-state index contributed by atoms with van der Waals surface area (Å²) in [7, 11) is 3.68. The molecule has 4 N–H and O–H groups in total. The molecule has 0 saturated heterocycles. The Hall–Kier alpha value is -7.09. The van der Waals surface area contributed by atoms with E-state index in [2.05, 4.69) is 30.8 Å². The topological polar surface area (TPSA) is 147 Å². The zero-order valence-corrected chi connectivity index (χ0v) is 28.8. The SMILES string of the molecule is Cn1nccc1-c1cc(N)ccc1OCc1ccccn1.Cn1nccc1-c1cc(NC(=O)Nc2ccc(F)cc2F)ccc1OCc1ccccn1. The first-order chi connectivity index (χ1) is 25.7. The predicted molar refractivity (Wildman–Crippen MR) is 198 cm³/mol. The molecule has 12 nitrogen and oxygen atoms in total. The van der Waals surface area contributed by atoms with E-state index in [4.69, 9.17) is 15.2 Å². The van der Waals surface area contributed by atoms with Crippen molar-refractivity contribution in [3.63, 3.8) is 0 Å². The second-order valence-corrected chi connectivity index (χ2v) is 11.6. The Labute approximate surface area is 303 Å². The van der Waals surface area contributed by atoms with Gasteiger partial charge in [0.15, 0.2) is 0 Å². The van der Waals surface area contributed by atoms with Crippen LogP contribution in [0.15, 0.2) is 128 Å². The normalized spacial score (nSPS) is 10.6. The number of carbonyl (C=O) groups excluding carboxylic acids is 1. The van der Waals surface area contributed by atoms with E-state index >= 15 is 0 Å². The number of aromatic nitrogens is 6. The molecule has 0 unspecified atom stereocenters. The molecule has 0 fully saturated rings. The first-order valence-electron chi connectivity index (χ1n) is 16.3. The van der Waals surface area contributed by atoms with Crippen LogP contribution in [0.3, 0.4) is 0 Å². The second-order valence-electron chi connectivity index (χ2n) is 11.6. The molecule has 0 bridgehead atoms. The van der Waals surface area contributed by atoms with Gasteiger partial charge in [-0.25, -0.2) is 13.6 Å². The molecule has 3 aromatic carbocycles. The van der Waals surface area contributed by atoms with Crippen LogP contribution < -0.4 is 25.8 Å². The number of pyridine rings is 2. The number of halogens is 2.